The average Bonchev–Trinajstić information content (AvgIpc) is 3.39. The summed E-state index contributed by atoms with van der Waals surface area (Å²) in [7, 11) is 0. The molecule has 180 valence electrons. The molecule has 0 atom stereocenters. The molecule has 0 radical (unpaired) electrons. The lowest BCUT2D eigenvalue weighted by atomic mass is 10.0. The van der Waals surface area contributed by atoms with Crippen molar-refractivity contribution >= 4 is 34.7 Å². The molecule has 35 heavy (non-hydrogen) atoms. The maximum atomic E-state index is 12.8. The number of thioether (sulfide) groups is 1. The monoisotopic (exact) mass is 492 g/mol. The molecule has 4 rings (SSSR count). The lowest BCUT2D eigenvalue weighted by Gasteiger charge is -2.17. The number of carbonyl (C=O) groups excluding carboxylic acids is 2. The molecule has 1 saturated heterocycles. The fraction of sp³-hybridized carbons (Fsp3) is 0.231. The molecular weight excluding hydrogens is 468 g/mol. The number of imide groups is 1. The van der Waals surface area contributed by atoms with Crippen LogP contribution in [0.1, 0.15) is 36.7 Å². The van der Waals surface area contributed by atoms with Crippen molar-refractivity contribution in [2.24, 2.45) is 0 Å². The van der Waals surface area contributed by atoms with Crippen molar-refractivity contribution in [1.29, 1.82) is 0 Å². The predicted molar refractivity (Wildman–Crippen MR) is 134 cm³/mol. The number of amides is 2. The first-order valence-electron chi connectivity index (χ1n) is 11.1. The van der Waals surface area contributed by atoms with Crippen LogP contribution in [0.3, 0.4) is 0 Å². The van der Waals surface area contributed by atoms with Crippen molar-refractivity contribution < 1.29 is 23.7 Å². The molecule has 8 nitrogen and oxygen atoms in total. The number of hydrogen-bond acceptors (Lipinski definition) is 7. The van der Waals surface area contributed by atoms with Crippen LogP contribution in [-0.4, -0.2) is 34.1 Å². The van der Waals surface area contributed by atoms with Gasteiger partial charge in [0, 0.05) is 23.8 Å². The third-order valence-electron chi connectivity index (χ3n) is 5.48. The lowest BCUT2D eigenvalue weighted by molar-refractivity contribution is -0.384. The quantitative estimate of drug-likeness (QED) is 0.204. The fourth-order valence-electron chi connectivity index (χ4n) is 3.67. The third kappa shape index (κ3) is 5.46. The highest BCUT2D eigenvalue weighted by atomic mass is 32.2. The molecule has 2 heterocycles. The average molecular weight is 493 g/mol. The molecule has 0 bridgehead atoms. The molecule has 0 spiro atoms. The van der Waals surface area contributed by atoms with E-state index in [1.54, 1.807) is 24.3 Å². The van der Waals surface area contributed by atoms with Crippen LogP contribution >= 0.6 is 11.8 Å². The minimum atomic E-state index is -0.477. The third-order valence-corrected chi connectivity index (χ3v) is 6.39. The number of furan rings is 1. The largest absolute Gasteiger partial charge is 0.491 e. The SMILES string of the molecule is Cc1ccc(C(C)C)c(OCCN2C(=O)S/C(=C\c3ccc(-c4cccc([N+](=O)[O-])c4)o3)C2=O)c1. The maximum absolute atomic E-state index is 12.8. The summed E-state index contributed by atoms with van der Waals surface area (Å²) < 4.78 is 11.7. The molecule has 0 N–H and O–H groups in total. The van der Waals surface area contributed by atoms with Crippen LogP contribution in [0.5, 0.6) is 5.75 Å². The first-order valence-corrected chi connectivity index (χ1v) is 11.9. The van der Waals surface area contributed by atoms with Gasteiger partial charge in [-0.15, -0.1) is 0 Å². The van der Waals surface area contributed by atoms with Crippen molar-refractivity contribution in [3.05, 3.63) is 86.5 Å². The van der Waals surface area contributed by atoms with Crippen LogP contribution in [0, 0.1) is 17.0 Å². The van der Waals surface area contributed by atoms with Gasteiger partial charge in [0.25, 0.3) is 16.8 Å². The molecule has 2 amide bonds. The first-order chi connectivity index (χ1) is 16.7. The van der Waals surface area contributed by atoms with E-state index in [0.29, 0.717) is 17.1 Å². The fourth-order valence-corrected chi connectivity index (χ4v) is 4.52. The Kier molecular flexibility index (Phi) is 7.07. The van der Waals surface area contributed by atoms with Crippen molar-refractivity contribution in [2.75, 3.05) is 13.2 Å². The number of benzene rings is 2. The van der Waals surface area contributed by atoms with Crippen molar-refractivity contribution in [3.8, 4) is 17.1 Å². The number of nitro benzene ring substituents is 1. The second-order valence-corrected chi connectivity index (χ2v) is 9.38. The Morgan fingerprint density at radius 2 is 1.94 bits per heavy atom. The highest BCUT2D eigenvalue weighted by Crippen LogP contribution is 2.34. The van der Waals surface area contributed by atoms with Gasteiger partial charge < -0.3 is 9.15 Å². The van der Waals surface area contributed by atoms with E-state index in [9.17, 15) is 19.7 Å². The summed E-state index contributed by atoms with van der Waals surface area (Å²) in [5.74, 6) is 1.42. The van der Waals surface area contributed by atoms with E-state index in [1.165, 1.54) is 18.2 Å². The summed E-state index contributed by atoms with van der Waals surface area (Å²) in [4.78, 5) is 37.2. The van der Waals surface area contributed by atoms with Crippen LogP contribution in [0.15, 0.2) is 63.9 Å². The molecule has 1 aliphatic rings. The molecule has 0 aliphatic carbocycles. The molecule has 1 fully saturated rings. The lowest BCUT2D eigenvalue weighted by Crippen LogP contribution is -2.32. The standard InChI is InChI=1S/C26H24N2O6S/c1-16(2)21-9-7-17(3)13-23(21)33-12-11-27-25(29)24(35-26(27)30)15-20-8-10-22(34-20)18-5-4-6-19(14-18)28(31)32/h4-10,13-16H,11-12H2,1-3H3/b24-15-. The van der Waals surface area contributed by atoms with E-state index < -0.39 is 10.8 Å². The Hall–Kier alpha value is -3.85. The van der Waals surface area contributed by atoms with Gasteiger partial charge >= 0.3 is 0 Å². The van der Waals surface area contributed by atoms with Crippen molar-refractivity contribution in [1.82, 2.24) is 4.90 Å². The van der Waals surface area contributed by atoms with Gasteiger partial charge in [0.2, 0.25) is 0 Å². The van der Waals surface area contributed by atoms with E-state index >= 15 is 0 Å². The number of ether oxygens (including phenoxy) is 1. The second-order valence-electron chi connectivity index (χ2n) is 8.39. The highest BCUT2D eigenvalue weighted by Gasteiger charge is 2.35. The van der Waals surface area contributed by atoms with E-state index in [0.717, 1.165) is 33.5 Å². The molecular formula is C26H24N2O6S. The Labute approximate surface area is 206 Å². The first kappa shape index (κ1) is 24.3. The van der Waals surface area contributed by atoms with Crippen LogP contribution in [0.4, 0.5) is 10.5 Å². The summed E-state index contributed by atoms with van der Waals surface area (Å²) in [6, 6.07) is 15.4. The van der Waals surface area contributed by atoms with Crippen LogP contribution in [-0.2, 0) is 4.79 Å². The highest BCUT2D eigenvalue weighted by molar-refractivity contribution is 8.18. The molecule has 1 aromatic heterocycles. The number of nitro groups is 1. The van der Waals surface area contributed by atoms with Crippen molar-refractivity contribution in [2.45, 2.75) is 26.7 Å². The normalized spacial score (nSPS) is 14.9. The summed E-state index contributed by atoms with van der Waals surface area (Å²) in [5.41, 5.74) is 2.64. The smallest absolute Gasteiger partial charge is 0.293 e. The zero-order chi connectivity index (χ0) is 25.1. The molecule has 9 heteroatoms. The van der Waals surface area contributed by atoms with Crippen LogP contribution in [0.2, 0.25) is 0 Å². The summed E-state index contributed by atoms with van der Waals surface area (Å²) in [6.07, 6.45) is 1.50. The molecule has 2 aromatic carbocycles. The number of nitrogens with zero attached hydrogens (tertiary/aromatic N) is 2. The molecule has 0 saturated carbocycles. The predicted octanol–water partition coefficient (Wildman–Crippen LogP) is 6.40. The van der Waals surface area contributed by atoms with Crippen molar-refractivity contribution in [3.63, 3.8) is 0 Å². The molecule has 1 aliphatic heterocycles. The van der Waals surface area contributed by atoms with Gasteiger partial charge in [0.05, 0.1) is 16.4 Å². The number of hydrogen-bond donors (Lipinski definition) is 0. The van der Waals surface area contributed by atoms with Gasteiger partial charge in [-0.2, -0.15) is 0 Å². The van der Waals surface area contributed by atoms with E-state index in [-0.39, 0.29) is 34.9 Å². The summed E-state index contributed by atoms with van der Waals surface area (Å²) in [6.45, 7) is 6.46. The Morgan fingerprint density at radius 1 is 1.14 bits per heavy atom. The van der Waals surface area contributed by atoms with Gasteiger partial charge in [-0.1, -0.05) is 38.1 Å². The number of carbonyl (C=O) groups is 2. The van der Waals surface area contributed by atoms with Crippen LogP contribution in [0.25, 0.3) is 17.4 Å². The number of aryl methyl sites for hydroxylation is 1. The Bertz CT molecular complexity index is 1330. The van der Waals surface area contributed by atoms with E-state index in [1.807, 2.05) is 25.1 Å². The molecule has 0 unspecified atom stereocenters. The number of rotatable bonds is 8. The van der Waals surface area contributed by atoms with Crippen LogP contribution < -0.4 is 4.74 Å². The Morgan fingerprint density at radius 3 is 2.69 bits per heavy atom. The van der Waals surface area contributed by atoms with Gasteiger partial charge in [-0.25, -0.2) is 0 Å². The summed E-state index contributed by atoms with van der Waals surface area (Å²) in [5, 5.41) is 10.6. The molecule has 3 aromatic rings. The number of non-ortho nitro benzene ring substituents is 1. The Balaban J connectivity index is 1.43. The van der Waals surface area contributed by atoms with Gasteiger partial charge in [0.1, 0.15) is 23.9 Å². The zero-order valence-corrected chi connectivity index (χ0v) is 20.3. The second kappa shape index (κ2) is 10.2. The van der Waals surface area contributed by atoms with Gasteiger partial charge in [-0.05, 0) is 53.9 Å². The zero-order valence-electron chi connectivity index (χ0n) is 19.5. The maximum Gasteiger partial charge on any atom is 0.293 e. The van der Waals surface area contributed by atoms with E-state index in [4.69, 9.17) is 9.15 Å². The van der Waals surface area contributed by atoms with Gasteiger partial charge in [0.15, 0.2) is 0 Å². The topological polar surface area (TPSA) is 103 Å². The minimum Gasteiger partial charge on any atom is -0.491 e. The minimum absolute atomic E-state index is 0.0463. The summed E-state index contributed by atoms with van der Waals surface area (Å²) >= 11 is 0.838. The van der Waals surface area contributed by atoms with E-state index in [2.05, 4.69) is 13.8 Å². The van der Waals surface area contributed by atoms with Gasteiger partial charge in [-0.3, -0.25) is 24.6 Å².